The van der Waals surface area contributed by atoms with Crippen LogP contribution in [0, 0.1) is 0 Å². The molecule has 0 aliphatic heterocycles. The molecule has 0 aromatic heterocycles. The Hall–Kier alpha value is -2.22. The van der Waals surface area contributed by atoms with Crippen LogP contribution in [0.15, 0.2) is 72.9 Å². The lowest BCUT2D eigenvalue weighted by Gasteiger charge is -2.41. The minimum absolute atomic E-state index is 0.0909. The van der Waals surface area contributed by atoms with Crippen molar-refractivity contribution in [2.75, 3.05) is 19.8 Å². The van der Waals surface area contributed by atoms with E-state index in [1.54, 1.807) is 0 Å². The van der Waals surface area contributed by atoms with Gasteiger partial charge in [0.25, 0.3) is 0 Å². The molecule has 0 radical (unpaired) electrons. The van der Waals surface area contributed by atoms with E-state index in [1.165, 1.54) is 64.2 Å². The minimum atomic E-state index is -5.03. The molecule has 1 saturated carbocycles. The highest BCUT2D eigenvalue weighted by Crippen LogP contribution is 2.47. The molecule has 376 valence electrons. The van der Waals surface area contributed by atoms with Gasteiger partial charge in [0.1, 0.15) is 42.7 Å². The van der Waals surface area contributed by atoms with Crippen molar-refractivity contribution in [2.45, 2.75) is 230 Å². The summed E-state index contributed by atoms with van der Waals surface area (Å²) in [5.74, 6) is -0.491. The molecule has 0 amide bonds. The molecule has 1 fully saturated rings. The molecule has 1 aliphatic carbocycles. The maximum Gasteiger partial charge on any atom is 0.472 e. The highest BCUT2D eigenvalue weighted by atomic mass is 31.2. The van der Waals surface area contributed by atoms with Gasteiger partial charge in [-0.2, -0.15) is 0 Å². The predicted molar refractivity (Wildman–Crippen MR) is 262 cm³/mol. The van der Waals surface area contributed by atoms with Crippen molar-refractivity contribution in [2.24, 2.45) is 0 Å². The second kappa shape index (κ2) is 41.9. The first-order valence-corrected chi connectivity index (χ1v) is 26.8. The monoisotopic (exact) mass is 939 g/mol. The molecule has 13 heteroatoms. The second-order valence-corrected chi connectivity index (χ2v) is 18.7. The lowest BCUT2D eigenvalue weighted by Crippen LogP contribution is -2.64. The van der Waals surface area contributed by atoms with E-state index in [4.69, 9.17) is 18.5 Å². The highest BCUT2D eigenvalue weighted by molar-refractivity contribution is 7.47. The van der Waals surface area contributed by atoms with Gasteiger partial charge in [-0.3, -0.25) is 13.8 Å². The Kier molecular flexibility index (Phi) is 39.2. The zero-order valence-electron chi connectivity index (χ0n) is 40.3. The summed E-state index contributed by atoms with van der Waals surface area (Å²) in [5, 5.41) is 50.3. The molecule has 0 bridgehead atoms. The Bertz CT molecular complexity index is 1350. The van der Waals surface area contributed by atoms with Crippen molar-refractivity contribution in [3.05, 3.63) is 72.9 Å². The van der Waals surface area contributed by atoms with E-state index in [0.29, 0.717) is 13.0 Å². The van der Waals surface area contributed by atoms with Gasteiger partial charge in [-0.1, -0.05) is 170 Å². The maximum atomic E-state index is 12.9. The predicted octanol–water partition coefficient (Wildman–Crippen LogP) is 11.1. The standard InChI is InChI=1S/C52H91O12P/c1-3-5-7-9-11-13-15-17-19-21-23-24-26-28-30-32-34-36-38-40-42-61-43-45(44-62-65(59,60)64-52-50(57)48(55)47(54)49(56)51(52)58)63-46(53)41-39-37-35-33-31-29-27-25-22-20-18-16-14-12-10-8-6-4-2/h5,7,11,13-14,16-17,19-20,22-24,45,47-52,54-58H,3-4,6,8-10,12,15,18,21,25-44H2,1-2H3,(H,59,60)/b7-5-,13-11-,16-14-,19-17-,22-20-,24-23-. The van der Waals surface area contributed by atoms with E-state index in [-0.39, 0.29) is 13.0 Å². The Balaban J connectivity index is 2.37. The zero-order valence-corrected chi connectivity index (χ0v) is 41.2. The number of phosphoric acid groups is 1. The summed E-state index contributed by atoms with van der Waals surface area (Å²) in [6.45, 7) is 4.10. The zero-order chi connectivity index (χ0) is 47.6. The fourth-order valence-electron chi connectivity index (χ4n) is 7.32. The van der Waals surface area contributed by atoms with Crippen LogP contribution < -0.4 is 0 Å². The summed E-state index contributed by atoms with van der Waals surface area (Å²) in [6, 6.07) is 0. The highest BCUT2D eigenvalue weighted by Gasteiger charge is 2.51. The van der Waals surface area contributed by atoms with Gasteiger partial charge < -0.3 is 39.9 Å². The van der Waals surface area contributed by atoms with Crippen molar-refractivity contribution in [1.29, 1.82) is 0 Å². The van der Waals surface area contributed by atoms with Gasteiger partial charge in [0, 0.05) is 13.0 Å². The molecule has 65 heavy (non-hydrogen) atoms. The molecule has 0 spiro atoms. The van der Waals surface area contributed by atoms with E-state index in [0.717, 1.165) is 96.3 Å². The molecule has 0 saturated heterocycles. The minimum Gasteiger partial charge on any atom is -0.457 e. The topological polar surface area (TPSA) is 192 Å². The van der Waals surface area contributed by atoms with Gasteiger partial charge >= 0.3 is 13.8 Å². The summed E-state index contributed by atoms with van der Waals surface area (Å²) in [5.41, 5.74) is 0. The first-order chi connectivity index (χ1) is 31.5. The quantitative estimate of drug-likeness (QED) is 0.0147. The van der Waals surface area contributed by atoms with Crippen LogP contribution in [-0.4, -0.2) is 98.9 Å². The van der Waals surface area contributed by atoms with Gasteiger partial charge in [-0.25, -0.2) is 4.57 Å². The third-order valence-corrected chi connectivity index (χ3v) is 12.3. The molecule has 6 unspecified atom stereocenters. The van der Waals surface area contributed by atoms with Crippen LogP contribution in [0.1, 0.15) is 187 Å². The largest absolute Gasteiger partial charge is 0.472 e. The summed E-state index contributed by atoms with van der Waals surface area (Å²) in [7, 11) is -5.03. The van der Waals surface area contributed by atoms with Crippen LogP contribution in [0.4, 0.5) is 0 Å². The summed E-state index contributed by atoms with van der Waals surface area (Å²) in [4.78, 5) is 23.2. The molecule has 0 aromatic rings. The van der Waals surface area contributed by atoms with Crippen LogP contribution in [0.2, 0.25) is 0 Å². The fraction of sp³-hybridized carbons (Fsp3) is 0.750. The number of aliphatic hydroxyl groups is 5. The third kappa shape index (κ3) is 33.8. The Labute approximate surface area is 393 Å². The average Bonchev–Trinajstić information content (AvgIpc) is 3.29. The van der Waals surface area contributed by atoms with Crippen molar-refractivity contribution in [3.63, 3.8) is 0 Å². The summed E-state index contributed by atoms with van der Waals surface area (Å²) < 4.78 is 34.3. The van der Waals surface area contributed by atoms with Crippen molar-refractivity contribution in [1.82, 2.24) is 0 Å². The van der Waals surface area contributed by atoms with E-state index >= 15 is 0 Å². The number of unbranched alkanes of at least 4 members (excludes halogenated alkanes) is 18. The number of rotatable bonds is 42. The van der Waals surface area contributed by atoms with Crippen LogP contribution in [0.3, 0.4) is 0 Å². The van der Waals surface area contributed by atoms with Crippen molar-refractivity contribution >= 4 is 13.8 Å². The Morgan fingerprint density at radius 1 is 0.508 bits per heavy atom. The number of esters is 1. The van der Waals surface area contributed by atoms with Crippen LogP contribution in [0.25, 0.3) is 0 Å². The van der Waals surface area contributed by atoms with Crippen LogP contribution in [-0.2, 0) is 27.9 Å². The number of aliphatic hydroxyl groups excluding tert-OH is 5. The molecule has 1 rings (SSSR count). The maximum absolute atomic E-state index is 12.9. The number of hydrogen-bond acceptors (Lipinski definition) is 11. The number of carbonyl (C=O) groups is 1. The first-order valence-electron chi connectivity index (χ1n) is 25.3. The molecule has 6 N–H and O–H groups in total. The third-order valence-electron chi connectivity index (χ3n) is 11.3. The number of carbonyl (C=O) groups excluding carboxylic acids is 1. The number of allylic oxidation sites excluding steroid dienone is 12. The van der Waals surface area contributed by atoms with Crippen LogP contribution in [0.5, 0.6) is 0 Å². The van der Waals surface area contributed by atoms with Gasteiger partial charge in [0.2, 0.25) is 0 Å². The Morgan fingerprint density at radius 2 is 0.908 bits per heavy atom. The van der Waals surface area contributed by atoms with E-state index < -0.39 is 63.1 Å². The SMILES string of the molecule is CC/C=C\C/C=C\C/C=C\C/C=C\CCCCCCCCCOCC(COP(=O)(O)OC1C(O)C(O)C(O)C(O)C1O)OC(=O)CCCCCCCCC/C=C\C/C=C\CCCCCC. The van der Waals surface area contributed by atoms with Crippen molar-refractivity contribution < 1.29 is 58.3 Å². The lowest BCUT2D eigenvalue weighted by molar-refractivity contribution is -0.220. The van der Waals surface area contributed by atoms with Crippen LogP contribution >= 0.6 is 7.82 Å². The van der Waals surface area contributed by atoms with Gasteiger partial charge in [-0.15, -0.1) is 0 Å². The normalized spacial score (nSPS) is 22.2. The van der Waals surface area contributed by atoms with E-state index in [2.05, 4.69) is 86.8 Å². The fourth-order valence-corrected chi connectivity index (χ4v) is 8.29. The summed E-state index contributed by atoms with van der Waals surface area (Å²) in [6.07, 6.45) is 42.4. The molecule has 1 aliphatic rings. The molecular formula is C52H91O12P. The molecule has 0 aromatic carbocycles. The second-order valence-electron chi connectivity index (χ2n) is 17.3. The number of phosphoric ester groups is 1. The Morgan fingerprint density at radius 3 is 1.38 bits per heavy atom. The summed E-state index contributed by atoms with van der Waals surface area (Å²) >= 11 is 0. The van der Waals surface area contributed by atoms with E-state index in [9.17, 15) is 39.8 Å². The van der Waals surface area contributed by atoms with Gasteiger partial charge in [0.05, 0.1) is 13.2 Å². The smallest absolute Gasteiger partial charge is 0.457 e. The molecule has 6 atom stereocenters. The lowest BCUT2D eigenvalue weighted by atomic mass is 9.85. The number of ether oxygens (including phenoxy) is 2. The first kappa shape index (κ1) is 60.8. The molecular weight excluding hydrogens is 848 g/mol. The number of hydrogen-bond donors (Lipinski definition) is 6. The van der Waals surface area contributed by atoms with E-state index in [1.807, 2.05) is 0 Å². The molecule has 12 nitrogen and oxygen atoms in total. The molecule has 0 heterocycles. The van der Waals surface area contributed by atoms with Crippen molar-refractivity contribution in [3.8, 4) is 0 Å². The van der Waals surface area contributed by atoms with Gasteiger partial charge in [-0.05, 0) is 83.5 Å². The average molecular weight is 939 g/mol. The van der Waals surface area contributed by atoms with Gasteiger partial charge in [0.15, 0.2) is 0 Å².